The van der Waals surface area contributed by atoms with Crippen molar-refractivity contribution in [1.29, 1.82) is 0 Å². The van der Waals surface area contributed by atoms with Gasteiger partial charge in [-0.1, -0.05) is 11.8 Å². The molecule has 0 atom stereocenters. The molecule has 0 aliphatic heterocycles. The number of aliphatic hydroxyl groups is 1. The Morgan fingerprint density at radius 2 is 2.08 bits per heavy atom. The van der Waals surface area contributed by atoms with Crippen molar-refractivity contribution < 1.29 is 13.9 Å². The highest BCUT2D eigenvalue weighted by Crippen LogP contribution is 2.07. The molecule has 0 aliphatic carbocycles. The van der Waals surface area contributed by atoms with Crippen LogP contribution in [0.3, 0.4) is 0 Å². The lowest BCUT2D eigenvalue weighted by molar-refractivity contribution is 0.305. The van der Waals surface area contributed by atoms with E-state index in [0.717, 1.165) is 18.2 Å². The largest absolute Gasteiger partial charge is 0.395 e. The zero-order valence-corrected chi connectivity index (χ0v) is 6.85. The van der Waals surface area contributed by atoms with Gasteiger partial charge in [0.15, 0.2) is 0 Å². The Morgan fingerprint density at radius 3 is 2.77 bits per heavy atom. The van der Waals surface area contributed by atoms with Crippen LogP contribution >= 0.6 is 0 Å². The highest BCUT2D eigenvalue weighted by atomic mass is 19.1. The molecule has 1 N–H and O–H groups in total. The molecule has 13 heavy (non-hydrogen) atoms. The Balaban J connectivity index is 2.89. The first-order valence-corrected chi connectivity index (χ1v) is 3.79. The van der Waals surface area contributed by atoms with Crippen molar-refractivity contribution in [2.24, 2.45) is 0 Å². The summed E-state index contributed by atoms with van der Waals surface area (Å²) in [5.41, 5.74) is 0.0217. The molecule has 0 fully saturated rings. The molecule has 0 radical (unpaired) electrons. The molecule has 0 saturated heterocycles. The Kier molecular flexibility index (Phi) is 3.41. The second-order valence-electron chi connectivity index (χ2n) is 2.40. The topological polar surface area (TPSA) is 20.2 Å². The second-order valence-corrected chi connectivity index (χ2v) is 2.40. The summed E-state index contributed by atoms with van der Waals surface area (Å²) in [5, 5.41) is 8.40. The summed E-state index contributed by atoms with van der Waals surface area (Å²) in [4.78, 5) is 0. The SMILES string of the molecule is OCCC#Cc1cc(F)ccc1F. The van der Waals surface area contributed by atoms with E-state index in [1.807, 2.05) is 0 Å². The van der Waals surface area contributed by atoms with Crippen LogP contribution in [0, 0.1) is 23.5 Å². The summed E-state index contributed by atoms with van der Waals surface area (Å²) in [6.07, 6.45) is 0.260. The van der Waals surface area contributed by atoms with E-state index in [1.165, 1.54) is 0 Å². The van der Waals surface area contributed by atoms with E-state index in [2.05, 4.69) is 11.8 Å². The zero-order valence-electron chi connectivity index (χ0n) is 6.85. The first kappa shape index (κ1) is 9.69. The first-order valence-electron chi connectivity index (χ1n) is 3.79. The third kappa shape index (κ3) is 2.85. The number of aliphatic hydroxyl groups excluding tert-OH is 1. The van der Waals surface area contributed by atoms with Gasteiger partial charge >= 0.3 is 0 Å². The molecule has 0 aromatic heterocycles. The van der Waals surface area contributed by atoms with Gasteiger partial charge in [-0.3, -0.25) is 0 Å². The molecular formula is C10H8F2O. The number of benzene rings is 1. The van der Waals surface area contributed by atoms with Crippen molar-refractivity contribution in [2.75, 3.05) is 6.61 Å². The van der Waals surface area contributed by atoms with Crippen molar-refractivity contribution >= 4 is 0 Å². The minimum atomic E-state index is -0.549. The minimum absolute atomic E-state index is 0.0217. The van der Waals surface area contributed by atoms with Crippen LogP contribution in [0.2, 0.25) is 0 Å². The van der Waals surface area contributed by atoms with Crippen molar-refractivity contribution in [3.8, 4) is 11.8 Å². The summed E-state index contributed by atoms with van der Waals surface area (Å²) in [5.74, 6) is 3.87. The van der Waals surface area contributed by atoms with Gasteiger partial charge in [0, 0.05) is 6.42 Å². The van der Waals surface area contributed by atoms with E-state index in [1.54, 1.807) is 0 Å². The fourth-order valence-corrected chi connectivity index (χ4v) is 0.807. The zero-order chi connectivity index (χ0) is 9.68. The molecule has 0 aliphatic rings. The molecule has 68 valence electrons. The molecular weight excluding hydrogens is 174 g/mol. The van der Waals surface area contributed by atoms with Gasteiger partial charge in [-0.15, -0.1) is 0 Å². The molecule has 0 spiro atoms. The maximum Gasteiger partial charge on any atom is 0.139 e. The van der Waals surface area contributed by atoms with Crippen LogP contribution in [-0.2, 0) is 0 Å². The maximum atomic E-state index is 12.9. The predicted molar refractivity (Wildman–Crippen MR) is 44.9 cm³/mol. The van der Waals surface area contributed by atoms with Crippen LogP contribution in [0.5, 0.6) is 0 Å². The fourth-order valence-electron chi connectivity index (χ4n) is 0.807. The van der Waals surface area contributed by atoms with E-state index in [4.69, 9.17) is 5.11 Å². The molecule has 0 unspecified atom stereocenters. The lowest BCUT2D eigenvalue weighted by Crippen LogP contribution is -1.85. The molecule has 1 rings (SSSR count). The number of hydrogen-bond donors (Lipinski definition) is 1. The highest BCUT2D eigenvalue weighted by Gasteiger charge is 1.99. The lowest BCUT2D eigenvalue weighted by atomic mass is 10.2. The standard InChI is InChI=1S/C10H8F2O/c11-9-4-5-10(12)8(7-9)3-1-2-6-13/h4-5,7,13H,2,6H2. The van der Waals surface area contributed by atoms with Crippen LogP contribution < -0.4 is 0 Å². The number of rotatable bonds is 1. The molecule has 1 nitrogen and oxygen atoms in total. The van der Waals surface area contributed by atoms with E-state index in [0.29, 0.717) is 0 Å². The van der Waals surface area contributed by atoms with E-state index >= 15 is 0 Å². The van der Waals surface area contributed by atoms with Gasteiger partial charge in [-0.25, -0.2) is 8.78 Å². The predicted octanol–water partition coefficient (Wildman–Crippen LogP) is 1.70. The Morgan fingerprint density at radius 1 is 1.31 bits per heavy atom. The van der Waals surface area contributed by atoms with Crippen LogP contribution in [0.1, 0.15) is 12.0 Å². The molecule has 0 amide bonds. The molecule has 0 heterocycles. The van der Waals surface area contributed by atoms with Gasteiger partial charge in [0.1, 0.15) is 11.6 Å². The molecule has 1 aromatic rings. The average molecular weight is 182 g/mol. The molecule has 0 saturated carbocycles. The average Bonchev–Trinajstić information content (AvgIpc) is 2.11. The Hall–Kier alpha value is -1.40. The molecule has 0 bridgehead atoms. The van der Waals surface area contributed by atoms with Gasteiger partial charge in [0.25, 0.3) is 0 Å². The van der Waals surface area contributed by atoms with Gasteiger partial charge in [-0.2, -0.15) is 0 Å². The lowest BCUT2D eigenvalue weighted by Gasteiger charge is -1.93. The van der Waals surface area contributed by atoms with Gasteiger partial charge in [0.2, 0.25) is 0 Å². The van der Waals surface area contributed by atoms with E-state index in [9.17, 15) is 8.78 Å². The second kappa shape index (κ2) is 4.58. The summed E-state index contributed by atoms with van der Waals surface area (Å²) in [6, 6.07) is 3.09. The maximum absolute atomic E-state index is 12.9. The number of hydrogen-bond acceptors (Lipinski definition) is 1. The van der Waals surface area contributed by atoms with E-state index in [-0.39, 0.29) is 18.6 Å². The third-order valence-corrected chi connectivity index (χ3v) is 1.39. The van der Waals surface area contributed by atoms with Crippen LogP contribution in [0.4, 0.5) is 8.78 Å². The monoisotopic (exact) mass is 182 g/mol. The number of halogens is 2. The van der Waals surface area contributed by atoms with Crippen LogP contribution in [-0.4, -0.2) is 11.7 Å². The summed E-state index contributed by atoms with van der Waals surface area (Å²) in [7, 11) is 0. The summed E-state index contributed by atoms with van der Waals surface area (Å²) < 4.78 is 25.4. The Bertz CT molecular complexity index is 350. The summed E-state index contributed by atoms with van der Waals surface area (Å²) in [6.45, 7) is -0.0794. The highest BCUT2D eigenvalue weighted by molar-refractivity contribution is 5.35. The van der Waals surface area contributed by atoms with Gasteiger partial charge in [0.05, 0.1) is 12.2 Å². The van der Waals surface area contributed by atoms with Crippen molar-refractivity contribution in [1.82, 2.24) is 0 Å². The third-order valence-electron chi connectivity index (χ3n) is 1.39. The van der Waals surface area contributed by atoms with Crippen molar-refractivity contribution in [2.45, 2.75) is 6.42 Å². The molecule has 3 heteroatoms. The smallest absolute Gasteiger partial charge is 0.139 e. The van der Waals surface area contributed by atoms with Crippen molar-refractivity contribution in [3.05, 3.63) is 35.4 Å². The van der Waals surface area contributed by atoms with Crippen molar-refractivity contribution in [3.63, 3.8) is 0 Å². The summed E-state index contributed by atoms with van der Waals surface area (Å²) >= 11 is 0. The molecule has 1 aromatic carbocycles. The first-order chi connectivity index (χ1) is 6.24. The van der Waals surface area contributed by atoms with Crippen LogP contribution in [0.15, 0.2) is 18.2 Å². The van der Waals surface area contributed by atoms with Gasteiger partial charge in [-0.05, 0) is 18.2 Å². The minimum Gasteiger partial charge on any atom is -0.395 e. The van der Waals surface area contributed by atoms with Crippen LogP contribution in [0.25, 0.3) is 0 Å². The fraction of sp³-hybridized carbons (Fsp3) is 0.200. The quantitative estimate of drug-likeness (QED) is 0.655. The normalized spacial score (nSPS) is 9.15. The van der Waals surface area contributed by atoms with E-state index < -0.39 is 11.6 Å². The van der Waals surface area contributed by atoms with Gasteiger partial charge < -0.3 is 5.11 Å². The Labute approximate surface area is 75.0 Å².